The Bertz CT molecular complexity index is 698. The molecule has 0 saturated carbocycles. The predicted octanol–water partition coefficient (Wildman–Crippen LogP) is 0.504. The maximum Gasteiger partial charge on any atom is 0.322 e. The van der Waals surface area contributed by atoms with Crippen molar-refractivity contribution in [3.05, 3.63) is 11.6 Å². The van der Waals surface area contributed by atoms with Crippen LogP contribution in [0.4, 0.5) is 4.79 Å². The van der Waals surface area contributed by atoms with Gasteiger partial charge in [0.15, 0.2) is 5.82 Å². The average Bonchev–Trinajstić information content (AvgIpc) is 3.06. The van der Waals surface area contributed by atoms with Gasteiger partial charge in [0.25, 0.3) is 5.91 Å². The van der Waals surface area contributed by atoms with E-state index in [4.69, 9.17) is 0 Å². The maximum atomic E-state index is 12.6. The van der Waals surface area contributed by atoms with Crippen molar-refractivity contribution in [3.63, 3.8) is 0 Å². The SMILES string of the molecule is Cc1nnc2n1[C@@H](CC(C)C)CN(C(=O)CC[C@@H]1NC(=O)NC1=O)C2. The number of hydrogen-bond acceptors (Lipinski definition) is 5. The van der Waals surface area contributed by atoms with Crippen LogP contribution in [0, 0.1) is 12.8 Å². The maximum absolute atomic E-state index is 12.6. The fourth-order valence-corrected chi connectivity index (χ4v) is 3.57. The van der Waals surface area contributed by atoms with E-state index in [-0.39, 0.29) is 24.3 Å². The highest BCUT2D eigenvalue weighted by atomic mass is 16.2. The number of hydrogen-bond donors (Lipinski definition) is 2. The number of rotatable bonds is 5. The summed E-state index contributed by atoms with van der Waals surface area (Å²) in [5.41, 5.74) is 0. The molecule has 1 fully saturated rings. The number of carbonyl (C=O) groups is 3. The molecule has 25 heavy (non-hydrogen) atoms. The van der Waals surface area contributed by atoms with E-state index in [2.05, 4.69) is 39.2 Å². The van der Waals surface area contributed by atoms with Gasteiger partial charge in [-0.15, -0.1) is 10.2 Å². The first-order valence-corrected chi connectivity index (χ1v) is 8.64. The van der Waals surface area contributed by atoms with E-state index in [1.165, 1.54) is 0 Å². The van der Waals surface area contributed by atoms with Crippen LogP contribution in [0.25, 0.3) is 0 Å². The number of nitrogens with zero attached hydrogens (tertiary/aromatic N) is 4. The van der Waals surface area contributed by atoms with Gasteiger partial charge in [-0.3, -0.25) is 14.9 Å². The minimum absolute atomic E-state index is 0.0328. The summed E-state index contributed by atoms with van der Waals surface area (Å²) in [5, 5.41) is 13.1. The molecule has 1 aromatic rings. The van der Waals surface area contributed by atoms with Crippen LogP contribution in [0.3, 0.4) is 0 Å². The van der Waals surface area contributed by atoms with E-state index < -0.39 is 12.1 Å². The molecule has 1 saturated heterocycles. The van der Waals surface area contributed by atoms with Gasteiger partial charge < -0.3 is 14.8 Å². The molecule has 2 aliphatic heterocycles. The zero-order valence-corrected chi connectivity index (χ0v) is 14.8. The number of fused-ring (bicyclic) bond motifs is 1. The van der Waals surface area contributed by atoms with Crippen LogP contribution in [0.2, 0.25) is 0 Å². The van der Waals surface area contributed by atoms with Crippen molar-refractivity contribution in [2.45, 2.75) is 58.7 Å². The quantitative estimate of drug-likeness (QED) is 0.753. The average molecular weight is 348 g/mol. The number of aryl methyl sites for hydroxylation is 1. The van der Waals surface area contributed by atoms with E-state index in [9.17, 15) is 14.4 Å². The summed E-state index contributed by atoms with van der Waals surface area (Å²) in [6.45, 7) is 7.29. The second-order valence-electron chi connectivity index (χ2n) is 7.15. The predicted molar refractivity (Wildman–Crippen MR) is 88.4 cm³/mol. The number of imide groups is 1. The van der Waals surface area contributed by atoms with Crippen molar-refractivity contribution in [1.29, 1.82) is 0 Å². The molecule has 2 atom stereocenters. The number of aromatic nitrogens is 3. The van der Waals surface area contributed by atoms with E-state index in [1.54, 1.807) is 4.90 Å². The van der Waals surface area contributed by atoms with Gasteiger partial charge in [0.1, 0.15) is 11.9 Å². The molecule has 3 heterocycles. The fourth-order valence-electron chi connectivity index (χ4n) is 3.57. The molecular formula is C16H24N6O3. The van der Waals surface area contributed by atoms with Gasteiger partial charge in [0.05, 0.1) is 12.6 Å². The van der Waals surface area contributed by atoms with Gasteiger partial charge in [-0.1, -0.05) is 13.8 Å². The third-order valence-electron chi connectivity index (χ3n) is 4.67. The van der Waals surface area contributed by atoms with Crippen LogP contribution in [-0.4, -0.2) is 50.1 Å². The fraction of sp³-hybridized carbons (Fsp3) is 0.688. The lowest BCUT2D eigenvalue weighted by molar-refractivity contribution is -0.133. The summed E-state index contributed by atoms with van der Waals surface area (Å²) in [6.07, 6.45) is 1.45. The van der Waals surface area contributed by atoms with E-state index in [0.29, 0.717) is 25.4 Å². The molecule has 0 spiro atoms. The lowest BCUT2D eigenvalue weighted by atomic mass is 10.0. The first kappa shape index (κ1) is 17.4. The second-order valence-corrected chi connectivity index (χ2v) is 7.15. The monoisotopic (exact) mass is 348 g/mol. The Kier molecular flexibility index (Phi) is 4.73. The normalized spacial score (nSPS) is 22.8. The van der Waals surface area contributed by atoms with Crippen LogP contribution in [0.5, 0.6) is 0 Å². The van der Waals surface area contributed by atoms with E-state index in [1.807, 2.05) is 6.92 Å². The van der Waals surface area contributed by atoms with Crippen molar-refractivity contribution < 1.29 is 14.4 Å². The highest BCUT2D eigenvalue weighted by Gasteiger charge is 2.33. The number of carbonyl (C=O) groups excluding carboxylic acids is 3. The lowest BCUT2D eigenvalue weighted by Crippen LogP contribution is -2.42. The largest absolute Gasteiger partial charge is 0.333 e. The Morgan fingerprint density at radius 1 is 1.32 bits per heavy atom. The molecule has 0 aromatic carbocycles. The van der Waals surface area contributed by atoms with Crippen LogP contribution in [0.1, 0.15) is 50.8 Å². The zero-order valence-electron chi connectivity index (χ0n) is 14.8. The molecular weight excluding hydrogens is 324 g/mol. The van der Waals surface area contributed by atoms with Crippen molar-refractivity contribution >= 4 is 17.8 Å². The standard InChI is InChI=1S/C16H24N6O3/c1-9(2)6-11-7-21(8-13-20-19-10(3)22(11)13)14(23)5-4-12-15(24)18-16(25)17-12/h9,11-12H,4-8H2,1-3H3,(H2,17,18,24,25)/t11-,12-/m0/s1. The molecule has 3 rings (SSSR count). The number of urea groups is 1. The Morgan fingerprint density at radius 3 is 2.72 bits per heavy atom. The van der Waals surface area contributed by atoms with Gasteiger partial charge in [-0.05, 0) is 25.7 Å². The van der Waals surface area contributed by atoms with Gasteiger partial charge >= 0.3 is 6.03 Å². The Hall–Kier alpha value is -2.45. The summed E-state index contributed by atoms with van der Waals surface area (Å²) in [5.74, 6) is 1.76. The number of amides is 4. The van der Waals surface area contributed by atoms with Crippen molar-refractivity contribution in [3.8, 4) is 0 Å². The smallest absolute Gasteiger partial charge is 0.322 e. The van der Waals surface area contributed by atoms with Gasteiger partial charge in [0, 0.05) is 13.0 Å². The molecule has 136 valence electrons. The summed E-state index contributed by atoms with van der Waals surface area (Å²) < 4.78 is 2.13. The lowest BCUT2D eigenvalue weighted by Gasteiger charge is -2.35. The van der Waals surface area contributed by atoms with Gasteiger partial charge in [-0.2, -0.15) is 0 Å². The van der Waals surface area contributed by atoms with Crippen LogP contribution in [0.15, 0.2) is 0 Å². The second kappa shape index (κ2) is 6.81. The summed E-state index contributed by atoms with van der Waals surface area (Å²) >= 11 is 0. The Labute approximate surface area is 146 Å². The van der Waals surface area contributed by atoms with Crippen molar-refractivity contribution in [2.24, 2.45) is 5.92 Å². The molecule has 1 aromatic heterocycles. The molecule has 0 aliphatic carbocycles. The zero-order chi connectivity index (χ0) is 18.1. The van der Waals surface area contributed by atoms with E-state index in [0.717, 1.165) is 18.1 Å². The molecule has 0 bridgehead atoms. The van der Waals surface area contributed by atoms with Crippen molar-refractivity contribution in [2.75, 3.05) is 6.54 Å². The topological polar surface area (TPSA) is 109 Å². The van der Waals surface area contributed by atoms with Crippen molar-refractivity contribution in [1.82, 2.24) is 30.3 Å². The molecule has 4 amide bonds. The minimum atomic E-state index is -0.626. The van der Waals surface area contributed by atoms with Gasteiger partial charge in [0.2, 0.25) is 5.91 Å². The molecule has 0 unspecified atom stereocenters. The Balaban J connectivity index is 1.65. The van der Waals surface area contributed by atoms with Crippen LogP contribution in [-0.2, 0) is 16.1 Å². The molecule has 9 heteroatoms. The Morgan fingerprint density at radius 2 is 2.08 bits per heavy atom. The first-order valence-electron chi connectivity index (χ1n) is 8.64. The summed E-state index contributed by atoms with van der Waals surface area (Å²) in [4.78, 5) is 37.1. The highest BCUT2D eigenvalue weighted by molar-refractivity contribution is 6.04. The van der Waals surface area contributed by atoms with E-state index >= 15 is 0 Å². The van der Waals surface area contributed by atoms with Crippen LogP contribution < -0.4 is 10.6 Å². The third kappa shape index (κ3) is 3.64. The third-order valence-corrected chi connectivity index (χ3v) is 4.67. The molecule has 2 aliphatic rings. The summed E-state index contributed by atoms with van der Waals surface area (Å²) in [6, 6.07) is -0.961. The highest BCUT2D eigenvalue weighted by Crippen LogP contribution is 2.27. The first-order chi connectivity index (χ1) is 11.8. The summed E-state index contributed by atoms with van der Waals surface area (Å²) in [7, 11) is 0. The number of nitrogens with one attached hydrogen (secondary N) is 2. The molecule has 0 radical (unpaired) electrons. The molecule has 9 nitrogen and oxygen atoms in total. The van der Waals surface area contributed by atoms with Crippen LogP contribution >= 0.6 is 0 Å². The molecule has 2 N–H and O–H groups in total. The van der Waals surface area contributed by atoms with Gasteiger partial charge in [-0.25, -0.2) is 4.79 Å². The minimum Gasteiger partial charge on any atom is -0.333 e.